The standard InChI is InChI=1S/C26H29F2N5O3.C20H25FN4O4.C15H17FN4O2.C12H21BO2.C11H14FNO2.C10H9ClFN3O2.BH.U/c1-4-30-19(15-5-7-17(27)8-6-15)14-21(34)33-11-9-16(10-12-33)26-31-23-18(25(29)32-26)13-20(35-2)24(36-3)22(23)28;1-20(2,3)29-19(26)25-8-6-11(7-9-25)18-23-15-12(17(22)24-18)10-13(27-4)16(28-5)14(15)21;1-21-10-7-9-12(11(16)13(10)22-2)19-15(20-14(9)17)8-3-5-18-6-4-8;1-11(2)12(3,4)15-13(14-11)10-8-6-5-7-9-10;1-2-13-10(7-11(14)15)8-3-5-9(12)6-4-8;1-16-5-3-4-7(6(12)8(5)17-2)14-10(11)15-9(4)13;;/h5-9,13,19,30H,4,10-12,14H2,1-3H3,(H2,29,31,32);6,10H,7-9H2,1-5H3,(H2,22,23,24);3,7,18H,4-6H2,1-2H3,(H2,17,19,20);8H,5-7,9H2,1-4H3;3-6,10,13H,2,7H2,1H3,(H,14,15);3H,1-2H3,(H2,13,14,15);1H;/t19-;;;;10-;;;/m1...1.../s1/i;;;;;;1T;. The molecule has 2 radical (unpaired) electrons. The first kappa shape index (κ1) is 108. The van der Waals surface area contributed by atoms with Gasteiger partial charge in [-0.25, -0.2) is 71.0 Å². The van der Waals surface area contributed by atoms with Gasteiger partial charge in [-0.3, -0.25) is 9.59 Å². The zero-order valence-corrected chi connectivity index (χ0v) is 84.1. The molecule has 1 fully saturated rings. The summed E-state index contributed by atoms with van der Waals surface area (Å²) < 4.78 is 148. The zero-order valence-electron chi connectivity index (χ0n) is 80.2. The maximum atomic E-state index is 15.1. The van der Waals surface area contributed by atoms with Crippen LogP contribution in [0.3, 0.4) is 0 Å². The molecule has 42 heteroatoms. The Morgan fingerprint density at radius 1 is 0.529 bits per heavy atom. The van der Waals surface area contributed by atoms with Gasteiger partial charge in [0.2, 0.25) is 11.2 Å². The Kier molecular flexibility index (Phi) is 39.2. The molecule has 136 heavy (non-hydrogen) atoms. The number of allylic oxidation sites excluding steroid dienone is 2. The molecule has 32 nitrogen and oxygen atoms in total. The van der Waals surface area contributed by atoms with Gasteiger partial charge in [0.15, 0.2) is 86.7 Å². The van der Waals surface area contributed by atoms with Gasteiger partial charge in [0, 0.05) is 112 Å². The Balaban J connectivity index is 0.000000207. The van der Waals surface area contributed by atoms with Crippen molar-refractivity contribution in [2.45, 2.75) is 149 Å². The largest absolute Gasteiger partial charge is 0.493 e. The van der Waals surface area contributed by atoms with Gasteiger partial charge in [-0.2, -0.15) is 0 Å². The van der Waals surface area contributed by atoms with Crippen molar-refractivity contribution in [1.29, 1.82) is 1.34 Å². The van der Waals surface area contributed by atoms with Gasteiger partial charge in [-0.1, -0.05) is 62.4 Å². The molecule has 12 N–H and O–H groups in total. The fourth-order valence-electron chi connectivity index (χ4n) is 14.9. The molecule has 8 heterocycles. The van der Waals surface area contributed by atoms with Crippen molar-refractivity contribution in [2.75, 3.05) is 132 Å². The van der Waals surface area contributed by atoms with Crippen LogP contribution >= 0.6 is 11.6 Å². The third-order valence-electron chi connectivity index (χ3n) is 22.6. The molecule has 4 aliphatic heterocycles. The Bertz CT molecular complexity index is 6030. The number of benzene rings is 6. The Hall–Kier alpha value is -11.7. The predicted molar refractivity (Wildman–Crippen MR) is 510 cm³/mol. The topological polar surface area (TPSA) is 423 Å². The molecule has 0 saturated carbocycles. The predicted octanol–water partition coefficient (Wildman–Crippen LogP) is 15.4. The molecule has 10 aromatic rings. The van der Waals surface area contributed by atoms with E-state index >= 15 is 4.39 Å². The van der Waals surface area contributed by atoms with E-state index in [-0.39, 0.29) is 195 Å². The summed E-state index contributed by atoms with van der Waals surface area (Å²) >= 11 is 5.62. The summed E-state index contributed by atoms with van der Waals surface area (Å²) in [5.41, 5.74) is 28.6. The SMILES string of the molecule is CC1(C)OB(C2=CCCCC2)OC1(C)C.CCN[C@H](CC(=O)N1CC=C(c2nc(N)c3cc(OC)c(OC)c(F)c3n2)CC1)c1ccc(F)cc1.CCN[C@H](CC(=O)O)c1ccc(F)cc1.COc1cc2c(N)nc(C3=CCN(C(=O)OC(C)(C)C)CC3)nc2c(F)c1OC.COc1cc2c(N)nc(C3=CCNCC3)nc2c(F)c1OC.COc1cc2c(N)nc(Cl)nc2c(F)c1OC.[3H][B].[U]. The first-order valence-corrected chi connectivity index (χ1v) is 43.6. The Morgan fingerprint density at radius 3 is 1.22 bits per heavy atom. The third kappa shape index (κ3) is 27.0. The number of nitrogen functional groups attached to an aromatic ring is 4. The number of carboxylic acids is 1. The van der Waals surface area contributed by atoms with E-state index in [0.29, 0.717) is 91.1 Å². The molecular weight excluding hydrogens is 2020 g/mol. The summed E-state index contributed by atoms with van der Waals surface area (Å²) in [6.45, 7) is 22.3. The molecule has 15 rings (SSSR count). The summed E-state index contributed by atoms with van der Waals surface area (Å²) in [5.74, 6) is -1.72. The maximum absolute atomic E-state index is 15.1. The summed E-state index contributed by atoms with van der Waals surface area (Å²) in [6, 6.07) is 17.8. The van der Waals surface area contributed by atoms with E-state index in [2.05, 4.69) is 98.0 Å². The van der Waals surface area contributed by atoms with Crippen molar-refractivity contribution < 1.29 is 129 Å². The number of methoxy groups -OCH3 is 8. The number of fused-ring (bicyclic) bond motifs is 4. The summed E-state index contributed by atoms with van der Waals surface area (Å²) in [5, 5.41) is 19.5. The number of anilines is 4. The molecule has 2 atom stereocenters. The van der Waals surface area contributed by atoms with Crippen molar-refractivity contribution in [1.82, 2.24) is 65.6 Å². The number of hydrogen-bond acceptors (Lipinski definition) is 29. The molecule has 4 aromatic heterocycles. The Labute approximate surface area is 817 Å². The van der Waals surface area contributed by atoms with E-state index in [0.717, 1.165) is 53.8 Å². The second kappa shape index (κ2) is 49.4. The van der Waals surface area contributed by atoms with Crippen molar-refractivity contribution in [3.8, 4) is 46.0 Å². The number of nitrogens with zero attached hydrogens (tertiary/aromatic N) is 10. The second-order valence-corrected chi connectivity index (χ2v) is 33.4. The van der Waals surface area contributed by atoms with Crippen LogP contribution in [0.15, 0.2) is 103 Å². The number of carbonyl (C=O) groups is 3. The van der Waals surface area contributed by atoms with Crippen LogP contribution in [-0.4, -0.2) is 216 Å². The molecule has 2 amide bonds. The molecule has 0 bridgehead atoms. The van der Waals surface area contributed by atoms with Gasteiger partial charge >= 0.3 is 19.2 Å². The van der Waals surface area contributed by atoms with E-state index in [4.69, 9.17) is 92.9 Å². The molecular formula is C94H116B2ClF6N17O15U. The second-order valence-electron chi connectivity index (χ2n) is 33.1. The monoisotopic (exact) mass is 2130 g/mol. The van der Waals surface area contributed by atoms with Crippen LogP contribution in [0.4, 0.5) is 54.4 Å². The van der Waals surface area contributed by atoms with Gasteiger partial charge in [0.1, 0.15) is 62.6 Å². The van der Waals surface area contributed by atoms with Crippen LogP contribution < -0.4 is 76.8 Å². The summed E-state index contributed by atoms with van der Waals surface area (Å²) in [6.07, 6.45) is 14.5. The smallest absolute Gasteiger partial charge is 0.490 e. The van der Waals surface area contributed by atoms with Crippen molar-refractivity contribution in [3.05, 3.63) is 171 Å². The summed E-state index contributed by atoms with van der Waals surface area (Å²) in [7, 11) is 14.7. The normalized spacial score (nSPS) is 15.3. The minimum absolute atomic E-state index is 0. The molecule has 0 spiro atoms. The van der Waals surface area contributed by atoms with E-state index in [1.54, 1.807) is 52.3 Å². The van der Waals surface area contributed by atoms with Crippen LogP contribution in [0, 0.1) is 66.0 Å². The number of aliphatic carboxylic acids is 1. The number of rotatable bonds is 22. The molecule has 5 aliphatic rings. The van der Waals surface area contributed by atoms with Crippen molar-refractivity contribution in [2.24, 2.45) is 0 Å². The minimum atomic E-state index is -0.870. The Morgan fingerprint density at radius 2 is 0.897 bits per heavy atom. The number of amides is 2. The number of ether oxygens (including phenoxy) is 9. The number of hydrogen-bond donors (Lipinski definition) is 8. The number of nitrogens with one attached hydrogen (secondary N) is 3. The minimum Gasteiger partial charge on any atom is -0.493 e. The van der Waals surface area contributed by atoms with Gasteiger partial charge in [-0.15, -0.1) is 0 Å². The first-order chi connectivity index (χ1) is 64.8. The third-order valence-corrected chi connectivity index (χ3v) is 22.8. The van der Waals surface area contributed by atoms with Gasteiger partial charge < -0.3 is 106 Å². The molecule has 1 saturated heterocycles. The van der Waals surface area contributed by atoms with E-state index in [1.165, 1.54) is 112 Å². The number of aromatic nitrogens is 8. The molecule has 1 aliphatic carbocycles. The van der Waals surface area contributed by atoms with E-state index in [9.17, 15) is 36.3 Å². The van der Waals surface area contributed by atoms with Crippen molar-refractivity contribution >= 4 is 129 Å². The van der Waals surface area contributed by atoms with Crippen LogP contribution in [0.1, 0.15) is 161 Å². The average Bonchev–Trinajstić information content (AvgIpc) is 1.76. The van der Waals surface area contributed by atoms with E-state index in [1.807, 2.05) is 52.8 Å². The number of nitrogens with two attached hydrogens (primary N) is 4. The van der Waals surface area contributed by atoms with Gasteiger partial charge in [-0.05, 0) is 208 Å². The molecule has 726 valence electrons. The van der Waals surface area contributed by atoms with Crippen LogP contribution in [0.25, 0.3) is 60.3 Å². The molecule has 0 unspecified atom stereocenters. The number of halogens is 7. The fourth-order valence-corrected chi connectivity index (χ4v) is 15.1. The van der Waals surface area contributed by atoms with Crippen molar-refractivity contribution in [3.63, 3.8) is 0 Å². The van der Waals surface area contributed by atoms with Crippen LogP contribution in [-0.2, 0) is 23.6 Å². The average molecular weight is 2140 g/mol. The zero-order chi connectivity index (χ0) is 99.8. The fraction of sp³-hybridized carbons (Fsp3) is 0.415. The maximum Gasteiger partial charge on any atom is 0.490 e. The van der Waals surface area contributed by atoms with Gasteiger partial charge in [0.05, 0.1) is 74.5 Å². The van der Waals surface area contributed by atoms with Gasteiger partial charge in [0.25, 0.3) is 0 Å². The summed E-state index contributed by atoms with van der Waals surface area (Å²) in [4.78, 5) is 72.9. The first-order valence-electron chi connectivity index (χ1n) is 43.8. The number of carbonyl (C=O) groups excluding carboxylic acids is 2. The van der Waals surface area contributed by atoms with Crippen LogP contribution in [0.5, 0.6) is 46.0 Å². The van der Waals surface area contributed by atoms with Crippen LogP contribution in [0.2, 0.25) is 5.28 Å². The number of carboxylic acid groups (broad SMARTS) is 1. The quantitative estimate of drug-likeness (QED) is 0.0177. The molecule has 6 aromatic carbocycles. The van der Waals surface area contributed by atoms with E-state index < -0.39 is 34.8 Å².